The molecule has 2 nitrogen and oxygen atoms in total. The van der Waals surface area contributed by atoms with Gasteiger partial charge in [-0.2, -0.15) is 0 Å². The maximum Gasteiger partial charge on any atom is 0.153 e. The molecule has 0 aromatic heterocycles. The lowest BCUT2D eigenvalue weighted by atomic mass is 9.50. The molecular formula is C15H25NO. The van der Waals surface area contributed by atoms with Crippen molar-refractivity contribution in [3.63, 3.8) is 0 Å². The smallest absolute Gasteiger partial charge is 0.153 e. The van der Waals surface area contributed by atoms with Crippen molar-refractivity contribution >= 4 is 5.78 Å². The third-order valence-electron chi connectivity index (χ3n) is 5.66. The van der Waals surface area contributed by atoms with E-state index in [9.17, 15) is 4.79 Å². The van der Waals surface area contributed by atoms with E-state index in [2.05, 4.69) is 12.2 Å². The van der Waals surface area contributed by atoms with Gasteiger partial charge < -0.3 is 5.32 Å². The van der Waals surface area contributed by atoms with Crippen LogP contribution in [-0.4, -0.2) is 18.9 Å². The third-order valence-corrected chi connectivity index (χ3v) is 5.66. The molecule has 4 fully saturated rings. The highest BCUT2D eigenvalue weighted by molar-refractivity contribution is 5.87. The zero-order valence-corrected chi connectivity index (χ0v) is 11.1. The molecule has 1 unspecified atom stereocenters. The summed E-state index contributed by atoms with van der Waals surface area (Å²) < 4.78 is 0. The fourth-order valence-corrected chi connectivity index (χ4v) is 5.17. The summed E-state index contributed by atoms with van der Waals surface area (Å²) in [4.78, 5) is 12.6. The Morgan fingerprint density at radius 1 is 1.12 bits per heavy atom. The first-order chi connectivity index (χ1) is 8.22. The SMILES string of the molecule is CCC(NC)C(=O)C1C2CC3CC(C2)CC1C3. The summed E-state index contributed by atoms with van der Waals surface area (Å²) in [6, 6.07) is 0.109. The standard InChI is InChI=1S/C15H25NO/c1-3-13(16-2)15(17)14-11-5-9-4-10(7-11)8-12(14)6-9/h9-14,16H,3-8H2,1-2H3. The number of hydrogen-bond donors (Lipinski definition) is 1. The Bertz CT molecular complexity index is 280. The van der Waals surface area contributed by atoms with Crippen molar-refractivity contribution < 1.29 is 4.79 Å². The van der Waals surface area contributed by atoms with Crippen LogP contribution in [0.1, 0.15) is 45.4 Å². The third kappa shape index (κ3) is 1.85. The predicted molar refractivity (Wildman–Crippen MR) is 68.7 cm³/mol. The maximum atomic E-state index is 12.6. The predicted octanol–water partition coefficient (Wildman–Crippen LogP) is 2.63. The molecule has 4 rings (SSSR count). The molecule has 96 valence electrons. The minimum atomic E-state index is 0.109. The Hall–Kier alpha value is -0.370. The summed E-state index contributed by atoms with van der Waals surface area (Å²) in [5, 5.41) is 3.21. The summed E-state index contributed by atoms with van der Waals surface area (Å²) in [7, 11) is 1.93. The van der Waals surface area contributed by atoms with E-state index in [4.69, 9.17) is 0 Å². The lowest BCUT2D eigenvalue weighted by molar-refractivity contribution is -0.138. The Kier molecular flexibility index (Phi) is 3.02. The number of likely N-dealkylation sites (N-methyl/N-ethyl adjacent to an activating group) is 1. The number of Topliss-reactive ketones (excluding diaryl/α,β-unsaturated/α-hetero) is 1. The largest absolute Gasteiger partial charge is 0.311 e. The Balaban J connectivity index is 1.77. The van der Waals surface area contributed by atoms with Crippen molar-refractivity contribution in [1.82, 2.24) is 5.32 Å². The van der Waals surface area contributed by atoms with E-state index in [1.807, 2.05) is 7.05 Å². The van der Waals surface area contributed by atoms with E-state index in [1.165, 1.54) is 32.1 Å². The number of hydrogen-bond acceptors (Lipinski definition) is 2. The monoisotopic (exact) mass is 235 g/mol. The van der Waals surface area contributed by atoms with Gasteiger partial charge in [-0.15, -0.1) is 0 Å². The van der Waals surface area contributed by atoms with Gasteiger partial charge in [-0.05, 0) is 69.2 Å². The molecule has 2 heteroatoms. The van der Waals surface area contributed by atoms with Crippen LogP contribution in [0.25, 0.3) is 0 Å². The van der Waals surface area contributed by atoms with Crippen molar-refractivity contribution in [3.05, 3.63) is 0 Å². The van der Waals surface area contributed by atoms with Gasteiger partial charge in [0.15, 0.2) is 5.78 Å². The molecule has 17 heavy (non-hydrogen) atoms. The highest BCUT2D eigenvalue weighted by atomic mass is 16.1. The topological polar surface area (TPSA) is 29.1 Å². The maximum absolute atomic E-state index is 12.6. The second-order valence-electron chi connectivity index (χ2n) is 6.61. The van der Waals surface area contributed by atoms with Crippen LogP contribution in [0.5, 0.6) is 0 Å². The van der Waals surface area contributed by atoms with E-state index < -0.39 is 0 Å². The highest BCUT2D eigenvalue weighted by Gasteiger charge is 2.51. The number of carbonyl (C=O) groups excluding carboxylic acids is 1. The lowest BCUT2D eigenvalue weighted by Gasteiger charge is -2.54. The van der Waals surface area contributed by atoms with E-state index in [0.29, 0.717) is 11.7 Å². The molecule has 4 aliphatic carbocycles. The number of rotatable bonds is 4. The molecular weight excluding hydrogens is 210 g/mol. The van der Waals surface area contributed by atoms with Crippen LogP contribution < -0.4 is 5.32 Å². The summed E-state index contributed by atoms with van der Waals surface area (Å²) in [5.41, 5.74) is 0. The van der Waals surface area contributed by atoms with Gasteiger partial charge >= 0.3 is 0 Å². The van der Waals surface area contributed by atoms with Crippen molar-refractivity contribution in [2.75, 3.05) is 7.05 Å². The van der Waals surface area contributed by atoms with E-state index in [1.54, 1.807) is 0 Å². The van der Waals surface area contributed by atoms with Gasteiger partial charge in [0.25, 0.3) is 0 Å². The molecule has 0 radical (unpaired) electrons. The second kappa shape index (κ2) is 4.38. The molecule has 0 saturated heterocycles. The molecule has 4 bridgehead atoms. The fourth-order valence-electron chi connectivity index (χ4n) is 5.17. The van der Waals surface area contributed by atoms with Crippen LogP contribution in [0, 0.1) is 29.6 Å². The van der Waals surface area contributed by atoms with E-state index in [0.717, 1.165) is 30.1 Å². The quantitative estimate of drug-likeness (QED) is 0.811. The first-order valence-electron chi connectivity index (χ1n) is 7.43. The number of nitrogens with one attached hydrogen (secondary N) is 1. The van der Waals surface area contributed by atoms with Gasteiger partial charge in [-0.3, -0.25) is 4.79 Å². The van der Waals surface area contributed by atoms with Crippen molar-refractivity contribution in [1.29, 1.82) is 0 Å². The number of carbonyl (C=O) groups is 1. The van der Waals surface area contributed by atoms with Crippen LogP contribution in [-0.2, 0) is 4.79 Å². The Morgan fingerprint density at radius 2 is 1.65 bits per heavy atom. The van der Waals surface area contributed by atoms with Gasteiger partial charge in [0.1, 0.15) is 0 Å². The normalized spacial score (nSPS) is 44.9. The van der Waals surface area contributed by atoms with E-state index in [-0.39, 0.29) is 6.04 Å². The molecule has 1 N–H and O–H groups in total. The molecule has 4 aliphatic rings. The van der Waals surface area contributed by atoms with Gasteiger partial charge in [-0.1, -0.05) is 6.92 Å². The van der Waals surface area contributed by atoms with Crippen LogP contribution in [0.2, 0.25) is 0 Å². The van der Waals surface area contributed by atoms with Gasteiger partial charge in [0, 0.05) is 5.92 Å². The molecule has 0 aromatic carbocycles. The van der Waals surface area contributed by atoms with Crippen LogP contribution in [0.15, 0.2) is 0 Å². The Morgan fingerprint density at radius 3 is 2.06 bits per heavy atom. The van der Waals surface area contributed by atoms with Crippen LogP contribution in [0.4, 0.5) is 0 Å². The second-order valence-corrected chi connectivity index (χ2v) is 6.61. The first-order valence-corrected chi connectivity index (χ1v) is 7.43. The average Bonchev–Trinajstić information content (AvgIpc) is 2.29. The van der Waals surface area contributed by atoms with Crippen LogP contribution >= 0.6 is 0 Å². The van der Waals surface area contributed by atoms with Crippen molar-refractivity contribution in [3.8, 4) is 0 Å². The summed E-state index contributed by atoms with van der Waals surface area (Å²) in [5.74, 6) is 4.35. The lowest BCUT2D eigenvalue weighted by Crippen LogP contribution is -2.52. The average molecular weight is 235 g/mol. The minimum Gasteiger partial charge on any atom is -0.311 e. The molecule has 0 spiro atoms. The molecule has 0 amide bonds. The van der Waals surface area contributed by atoms with Gasteiger partial charge in [0.2, 0.25) is 0 Å². The van der Waals surface area contributed by atoms with Gasteiger partial charge in [0.05, 0.1) is 6.04 Å². The van der Waals surface area contributed by atoms with Crippen LogP contribution in [0.3, 0.4) is 0 Å². The first kappa shape index (κ1) is 11.7. The molecule has 0 aliphatic heterocycles. The molecule has 1 atom stereocenters. The zero-order chi connectivity index (χ0) is 12.0. The highest BCUT2D eigenvalue weighted by Crippen LogP contribution is 2.56. The molecule has 0 heterocycles. The molecule has 4 saturated carbocycles. The summed E-state index contributed by atoms with van der Waals surface area (Å²) in [6.45, 7) is 2.12. The zero-order valence-electron chi connectivity index (χ0n) is 11.1. The number of ketones is 1. The van der Waals surface area contributed by atoms with Crippen molar-refractivity contribution in [2.24, 2.45) is 29.6 Å². The minimum absolute atomic E-state index is 0.109. The fraction of sp³-hybridized carbons (Fsp3) is 0.933. The van der Waals surface area contributed by atoms with Gasteiger partial charge in [-0.25, -0.2) is 0 Å². The summed E-state index contributed by atoms with van der Waals surface area (Å²) in [6.07, 6.45) is 7.81. The van der Waals surface area contributed by atoms with Crippen molar-refractivity contribution in [2.45, 2.75) is 51.5 Å². The molecule has 0 aromatic rings. The Labute approximate surface area is 105 Å². The summed E-state index contributed by atoms with van der Waals surface area (Å²) >= 11 is 0. The van der Waals surface area contributed by atoms with E-state index >= 15 is 0 Å².